The second kappa shape index (κ2) is 9.28. The number of rotatable bonds is 7. The third-order valence-corrected chi connectivity index (χ3v) is 4.62. The maximum atomic E-state index is 11.9. The molecule has 0 bridgehead atoms. The zero-order chi connectivity index (χ0) is 18.2. The van der Waals surface area contributed by atoms with Crippen LogP contribution in [-0.2, 0) is 20.1 Å². The van der Waals surface area contributed by atoms with Crippen molar-refractivity contribution in [1.82, 2.24) is 0 Å². The summed E-state index contributed by atoms with van der Waals surface area (Å²) in [5, 5.41) is 2.77. The number of nitrogens with one attached hydrogen (secondary N) is 1. The van der Waals surface area contributed by atoms with Gasteiger partial charge in [0, 0.05) is 11.4 Å². The highest BCUT2D eigenvalue weighted by atomic mass is 32.2. The number of ether oxygens (including phenoxy) is 1. The molecule has 0 radical (unpaired) electrons. The highest BCUT2D eigenvalue weighted by molar-refractivity contribution is 7.99. The number of thioether (sulfide) groups is 1. The lowest BCUT2D eigenvalue weighted by Crippen LogP contribution is -2.22. The second-order valence-corrected chi connectivity index (χ2v) is 6.99. The average molecular weight is 357 g/mol. The highest BCUT2D eigenvalue weighted by Gasteiger charge is 2.09. The summed E-state index contributed by atoms with van der Waals surface area (Å²) in [4.78, 5) is 23.7. The van der Waals surface area contributed by atoms with E-state index in [1.807, 2.05) is 63.2 Å². The molecule has 0 atom stereocenters. The van der Waals surface area contributed by atoms with E-state index in [1.54, 1.807) is 0 Å². The van der Waals surface area contributed by atoms with Gasteiger partial charge in [0.05, 0.1) is 5.75 Å². The molecule has 2 aromatic carbocycles. The third-order valence-electron chi connectivity index (χ3n) is 3.64. The molecule has 0 saturated carbocycles. The van der Waals surface area contributed by atoms with Gasteiger partial charge in [0.15, 0.2) is 6.61 Å². The van der Waals surface area contributed by atoms with Gasteiger partial charge in [-0.25, -0.2) is 0 Å². The molecule has 0 aliphatic carbocycles. The molecule has 132 valence electrons. The van der Waals surface area contributed by atoms with Gasteiger partial charge in [0.25, 0.3) is 5.91 Å². The predicted octanol–water partition coefficient (Wildman–Crippen LogP) is 4.03. The zero-order valence-electron chi connectivity index (χ0n) is 14.8. The van der Waals surface area contributed by atoms with Gasteiger partial charge in [0.2, 0.25) is 0 Å². The van der Waals surface area contributed by atoms with Crippen molar-refractivity contribution in [2.24, 2.45) is 0 Å². The Balaban J connectivity index is 1.69. The van der Waals surface area contributed by atoms with Crippen molar-refractivity contribution in [2.75, 3.05) is 17.7 Å². The molecular weight excluding hydrogens is 334 g/mol. The molecule has 0 heterocycles. The number of carbonyl (C=O) groups excluding carboxylic acids is 2. The number of anilines is 1. The lowest BCUT2D eigenvalue weighted by molar-refractivity contribution is -0.144. The Morgan fingerprint density at radius 3 is 2.40 bits per heavy atom. The van der Waals surface area contributed by atoms with Crippen LogP contribution in [0.5, 0.6) is 0 Å². The molecule has 0 aromatic heterocycles. The molecule has 0 saturated heterocycles. The first kappa shape index (κ1) is 19.1. The average Bonchev–Trinajstić information content (AvgIpc) is 2.58. The van der Waals surface area contributed by atoms with E-state index in [4.69, 9.17) is 4.74 Å². The van der Waals surface area contributed by atoms with E-state index in [2.05, 4.69) is 5.32 Å². The first-order chi connectivity index (χ1) is 11.9. The summed E-state index contributed by atoms with van der Waals surface area (Å²) in [7, 11) is 0. The van der Waals surface area contributed by atoms with Crippen molar-refractivity contribution in [3.63, 3.8) is 0 Å². The third kappa shape index (κ3) is 6.63. The lowest BCUT2D eigenvalue weighted by Gasteiger charge is -2.10. The minimum Gasteiger partial charge on any atom is -0.455 e. The Morgan fingerprint density at radius 1 is 1.00 bits per heavy atom. The van der Waals surface area contributed by atoms with Crippen molar-refractivity contribution in [2.45, 2.75) is 26.5 Å². The number of amides is 1. The quantitative estimate of drug-likeness (QED) is 0.760. The van der Waals surface area contributed by atoms with Crippen LogP contribution in [0.2, 0.25) is 0 Å². The van der Waals surface area contributed by atoms with Gasteiger partial charge in [-0.15, -0.1) is 11.8 Å². The summed E-state index contributed by atoms with van der Waals surface area (Å²) in [6.07, 6.45) is 0. The zero-order valence-corrected chi connectivity index (χ0v) is 15.6. The molecular formula is C20H23NO3S. The second-order valence-electron chi connectivity index (χ2n) is 6.01. The van der Waals surface area contributed by atoms with Gasteiger partial charge in [-0.2, -0.15) is 0 Å². The Bertz CT molecular complexity index is 741. The Labute approximate surface area is 153 Å². The molecule has 0 fully saturated rings. The van der Waals surface area contributed by atoms with Crippen molar-refractivity contribution in [1.29, 1.82) is 0 Å². The number of benzene rings is 2. The van der Waals surface area contributed by atoms with E-state index < -0.39 is 0 Å². The molecule has 1 amide bonds. The topological polar surface area (TPSA) is 55.4 Å². The van der Waals surface area contributed by atoms with E-state index in [1.165, 1.54) is 17.3 Å². The van der Waals surface area contributed by atoms with Gasteiger partial charge in [-0.05, 0) is 43.5 Å². The molecule has 5 heteroatoms. The van der Waals surface area contributed by atoms with Crippen LogP contribution in [0.3, 0.4) is 0 Å². The lowest BCUT2D eigenvalue weighted by atomic mass is 10.1. The van der Waals surface area contributed by atoms with Crippen molar-refractivity contribution < 1.29 is 14.3 Å². The minimum atomic E-state index is -0.381. The van der Waals surface area contributed by atoms with Crippen LogP contribution in [0.4, 0.5) is 5.69 Å². The van der Waals surface area contributed by atoms with Gasteiger partial charge in [-0.3, -0.25) is 9.59 Å². The minimum absolute atomic E-state index is 0.227. The van der Waals surface area contributed by atoms with E-state index in [-0.39, 0.29) is 24.2 Å². The van der Waals surface area contributed by atoms with Gasteiger partial charge in [0.1, 0.15) is 0 Å². The summed E-state index contributed by atoms with van der Waals surface area (Å²) in [6.45, 7) is 5.65. The number of hydrogen-bond donors (Lipinski definition) is 1. The maximum absolute atomic E-state index is 11.9. The Hall–Kier alpha value is -2.27. The first-order valence-corrected chi connectivity index (χ1v) is 9.25. The Morgan fingerprint density at radius 2 is 1.68 bits per heavy atom. The number of esters is 1. The van der Waals surface area contributed by atoms with Crippen LogP contribution in [0.25, 0.3) is 0 Å². The van der Waals surface area contributed by atoms with Crippen molar-refractivity contribution >= 4 is 29.3 Å². The maximum Gasteiger partial charge on any atom is 0.316 e. The van der Waals surface area contributed by atoms with Gasteiger partial charge >= 0.3 is 5.97 Å². The standard InChI is InChI=1S/C20H23NO3S/c1-14-5-8-17(9-6-14)12-25-13-20(23)24-11-19(22)21-18-10-15(2)4-7-16(18)3/h4-10H,11-13H2,1-3H3,(H,21,22). The largest absolute Gasteiger partial charge is 0.455 e. The molecule has 0 aliphatic heterocycles. The van der Waals surface area contributed by atoms with Gasteiger partial charge in [-0.1, -0.05) is 42.0 Å². The van der Waals surface area contributed by atoms with Crippen molar-refractivity contribution in [3.8, 4) is 0 Å². The van der Waals surface area contributed by atoms with Crippen LogP contribution < -0.4 is 5.32 Å². The van der Waals surface area contributed by atoms with Crippen LogP contribution in [0.15, 0.2) is 42.5 Å². The summed E-state index contributed by atoms with van der Waals surface area (Å²) in [6, 6.07) is 14.0. The van der Waals surface area contributed by atoms with E-state index in [9.17, 15) is 9.59 Å². The van der Waals surface area contributed by atoms with Gasteiger partial charge < -0.3 is 10.1 Å². The highest BCUT2D eigenvalue weighted by Crippen LogP contribution is 2.16. The summed E-state index contributed by atoms with van der Waals surface area (Å²) in [5.74, 6) is 0.258. The molecule has 2 aromatic rings. The van der Waals surface area contributed by atoms with E-state index in [0.717, 1.165) is 28.1 Å². The number of hydrogen-bond acceptors (Lipinski definition) is 4. The molecule has 0 unspecified atom stereocenters. The predicted molar refractivity (Wildman–Crippen MR) is 103 cm³/mol. The van der Waals surface area contributed by atoms with Crippen LogP contribution in [-0.4, -0.2) is 24.2 Å². The molecule has 2 rings (SSSR count). The first-order valence-electron chi connectivity index (χ1n) is 8.10. The van der Waals surface area contributed by atoms with Crippen molar-refractivity contribution in [3.05, 3.63) is 64.7 Å². The molecule has 1 N–H and O–H groups in total. The normalized spacial score (nSPS) is 10.4. The summed E-state index contributed by atoms with van der Waals surface area (Å²) >= 11 is 1.47. The monoisotopic (exact) mass is 357 g/mol. The number of carbonyl (C=O) groups is 2. The number of aryl methyl sites for hydroxylation is 3. The van der Waals surface area contributed by atoms with E-state index in [0.29, 0.717) is 0 Å². The molecule has 0 aliphatic rings. The molecule has 4 nitrogen and oxygen atoms in total. The molecule has 25 heavy (non-hydrogen) atoms. The smallest absolute Gasteiger partial charge is 0.316 e. The Kier molecular flexibility index (Phi) is 7.07. The fourth-order valence-corrected chi connectivity index (χ4v) is 2.96. The summed E-state index contributed by atoms with van der Waals surface area (Å²) < 4.78 is 5.03. The SMILES string of the molecule is Cc1ccc(CSCC(=O)OCC(=O)Nc2cc(C)ccc2C)cc1. The van der Waals surface area contributed by atoms with Crippen LogP contribution >= 0.6 is 11.8 Å². The van der Waals surface area contributed by atoms with Crippen LogP contribution in [0, 0.1) is 20.8 Å². The fourth-order valence-electron chi connectivity index (χ4n) is 2.18. The molecule has 0 spiro atoms. The van der Waals surface area contributed by atoms with E-state index >= 15 is 0 Å². The van der Waals surface area contributed by atoms with Crippen LogP contribution in [0.1, 0.15) is 22.3 Å². The fraction of sp³-hybridized carbons (Fsp3) is 0.300. The summed E-state index contributed by atoms with van der Waals surface area (Å²) in [5.41, 5.74) is 5.15.